The topological polar surface area (TPSA) is 176 Å². The number of esters is 1. The van der Waals surface area contributed by atoms with E-state index in [1.807, 2.05) is 0 Å². The van der Waals surface area contributed by atoms with E-state index in [-0.39, 0.29) is 29.5 Å². The Bertz CT molecular complexity index is 1060. The first-order valence-corrected chi connectivity index (χ1v) is 11.3. The number of hydrogen-bond donors (Lipinski definition) is 4. The molecule has 2 aromatic rings. The highest BCUT2D eigenvalue weighted by molar-refractivity contribution is 7.36. The lowest BCUT2D eigenvalue weighted by atomic mass is 9.97. The van der Waals surface area contributed by atoms with E-state index in [0.717, 1.165) is 17.8 Å². The molecule has 0 spiro atoms. The van der Waals surface area contributed by atoms with Crippen molar-refractivity contribution in [3.05, 3.63) is 6.33 Å². The largest absolute Gasteiger partial charge is 0.465 e. The number of fused-ring (bicyclic) bond motifs is 1. The van der Waals surface area contributed by atoms with Gasteiger partial charge >= 0.3 is 5.97 Å². The fraction of sp³-hybridized carbons (Fsp3) is 0.647. The van der Waals surface area contributed by atoms with Crippen LogP contribution >= 0.6 is 8.18 Å². The van der Waals surface area contributed by atoms with Crippen LogP contribution in [0.15, 0.2) is 6.33 Å². The maximum absolute atomic E-state index is 15.5. The normalized spacial score (nSPS) is 29.2. The monoisotopic (exact) mass is 493 g/mol. The summed E-state index contributed by atoms with van der Waals surface area (Å²) in [5.74, 6) is -3.66. The van der Waals surface area contributed by atoms with E-state index in [4.69, 9.17) is 19.7 Å². The number of imidazole rings is 1. The second-order valence-electron chi connectivity index (χ2n) is 7.51. The molecule has 0 saturated carbocycles. The first kappa shape index (κ1) is 25.2. The Morgan fingerprint density at radius 3 is 2.82 bits per heavy atom. The van der Waals surface area contributed by atoms with E-state index in [0.29, 0.717) is 0 Å². The molecule has 1 aliphatic heterocycles. The van der Waals surface area contributed by atoms with Gasteiger partial charge in [-0.2, -0.15) is 9.97 Å². The zero-order valence-electron chi connectivity index (χ0n) is 18.3. The number of halogens is 2. The SMILES string of the molecule is CCOC(=O)[C@H](C)N[PH](=O)OC[C@@]1(F)O[C@@H](n2cnc3c(NC)nc(N)nc32)[C@](C)(F)[C@@H]1O. The number of nitrogens with one attached hydrogen (secondary N) is 2. The van der Waals surface area contributed by atoms with Crippen molar-refractivity contribution >= 4 is 37.1 Å². The number of nitrogens with zero attached hydrogens (tertiary/aromatic N) is 4. The fourth-order valence-corrected chi connectivity index (χ4v) is 4.23. The fourth-order valence-electron chi connectivity index (χ4n) is 3.35. The number of ether oxygens (including phenoxy) is 2. The second-order valence-corrected chi connectivity index (χ2v) is 8.66. The van der Waals surface area contributed by atoms with Crippen molar-refractivity contribution in [2.75, 3.05) is 31.3 Å². The molecule has 5 N–H and O–H groups in total. The van der Waals surface area contributed by atoms with Gasteiger partial charge in [0.05, 0.1) is 12.9 Å². The van der Waals surface area contributed by atoms with Crippen LogP contribution < -0.4 is 16.1 Å². The molecule has 0 amide bonds. The molecule has 3 rings (SSSR count). The lowest BCUT2D eigenvalue weighted by molar-refractivity contribution is -0.201. The van der Waals surface area contributed by atoms with Crippen molar-refractivity contribution in [2.45, 2.75) is 50.7 Å². The number of nitrogens with two attached hydrogens (primary N) is 1. The van der Waals surface area contributed by atoms with Crippen LogP contribution in [0.2, 0.25) is 0 Å². The van der Waals surface area contributed by atoms with Crippen molar-refractivity contribution in [2.24, 2.45) is 0 Å². The van der Waals surface area contributed by atoms with Crippen LogP contribution in [-0.4, -0.2) is 74.5 Å². The number of aliphatic hydroxyl groups excluding tert-OH is 1. The Morgan fingerprint density at radius 1 is 1.48 bits per heavy atom. The van der Waals surface area contributed by atoms with Gasteiger partial charge in [-0.3, -0.25) is 13.9 Å². The second kappa shape index (κ2) is 9.43. The standard InChI is InChI=1S/C17H26F2N7O6P/c1-5-30-12(27)8(2)25-33(29)31-6-17(19)13(28)16(3,18)14(32-17)26-7-22-9-10(21-4)23-15(20)24-11(9)26/h7-8,13-14,28,33H,5-6H2,1-4H3,(H,25,29)(H3,20,21,23,24)/t8-,13-,14+,16+,17+/m0/s1. The molecule has 0 radical (unpaired) electrons. The third-order valence-corrected chi connectivity index (χ3v) is 6.11. The Balaban J connectivity index is 1.79. The summed E-state index contributed by atoms with van der Waals surface area (Å²) in [6.07, 6.45) is -2.90. The summed E-state index contributed by atoms with van der Waals surface area (Å²) in [5, 5.41) is 15.5. The number of nitrogen functional groups attached to an aromatic ring is 1. The summed E-state index contributed by atoms with van der Waals surface area (Å²) in [7, 11) is -1.61. The Kier molecular flexibility index (Phi) is 7.19. The van der Waals surface area contributed by atoms with Gasteiger partial charge in [0.15, 0.2) is 35.0 Å². The first-order valence-electron chi connectivity index (χ1n) is 9.96. The maximum Gasteiger partial charge on any atom is 0.323 e. The molecule has 0 aliphatic carbocycles. The molecule has 1 fully saturated rings. The van der Waals surface area contributed by atoms with Crippen LogP contribution in [0.1, 0.15) is 27.0 Å². The minimum absolute atomic E-state index is 0.0385. The van der Waals surface area contributed by atoms with Crippen LogP contribution in [0.5, 0.6) is 0 Å². The Hall–Kier alpha value is -2.45. The van der Waals surface area contributed by atoms with Crippen LogP contribution in [0.25, 0.3) is 11.2 Å². The molecule has 16 heteroatoms. The number of carbonyl (C=O) groups is 1. The Morgan fingerprint density at radius 2 is 2.18 bits per heavy atom. The summed E-state index contributed by atoms with van der Waals surface area (Å²) in [6, 6.07) is -0.996. The summed E-state index contributed by atoms with van der Waals surface area (Å²) in [4.78, 5) is 23.7. The minimum Gasteiger partial charge on any atom is -0.465 e. The molecule has 0 bridgehead atoms. The number of anilines is 2. The number of alkyl halides is 2. The number of hydrogen-bond acceptors (Lipinski definition) is 11. The lowest BCUT2D eigenvalue weighted by Gasteiger charge is -2.25. The molecular weight excluding hydrogens is 467 g/mol. The van der Waals surface area contributed by atoms with Crippen molar-refractivity contribution < 1.29 is 37.2 Å². The van der Waals surface area contributed by atoms with Gasteiger partial charge in [-0.1, -0.05) is 0 Å². The first-order chi connectivity index (χ1) is 15.4. The summed E-state index contributed by atoms with van der Waals surface area (Å²) >= 11 is 0. The highest BCUT2D eigenvalue weighted by Gasteiger charge is 2.64. The highest BCUT2D eigenvalue weighted by Crippen LogP contribution is 2.49. The van der Waals surface area contributed by atoms with Gasteiger partial charge in [-0.25, -0.2) is 18.9 Å². The smallest absolute Gasteiger partial charge is 0.323 e. The van der Waals surface area contributed by atoms with E-state index in [1.54, 1.807) is 14.0 Å². The number of rotatable bonds is 9. The minimum atomic E-state index is -3.17. The molecule has 1 aliphatic rings. The summed E-state index contributed by atoms with van der Waals surface area (Å²) < 4.78 is 59.1. The van der Waals surface area contributed by atoms with Gasteiger partial charge in [-0.15, -0.1) is 0 Å². The predicted molar refractivity (Wildman–Crippen MR) is 113 cm³/mol. The van der Waals surface area contributed by atoms with Gasteiger partial charge in [0, 0.05) is 7.05 Å². The molecule has 13 nitrogen and oxygen atoms in total. The highest BCUT2D eigenvalue weighted by atomic mass is 31.1. The van der Waals surface area contributed by atoms with Gasteiger partial charge in [0.25, 0.3) is 14.0 Å². The number of carbonyl (C=O) groups excluding carboxylic acids is 1. The number of aromatic nitrogens is 4. The van der Waals surface area contributed by atoms with E-state index in [2.05, 4.69) is 25.4 Å². The summed E-state index contributed by atoms with van der Waals surface area (Å²) in [5.41, 5.74) is 3.27. The molecule has 1 saturated heterocycles. The van der Waals surface area contributed by atoms with E-state index < -0.39 is 50.7 Å². The van der Waals surface area contributed by atoms with Crippen LogP contribution in [0, 0.1) is 0 Å². The molecule has 1 unspecified atom stereocenters. The molecule has 6 atom stereocenters. The maximum atomic E-state index is 15.5. The van der Waals surface area contributed by atoms with Gasteiger partial charge in [-0.05, 0) is 20.8 Å². The molecule has 0 aromatic carbocycles. The van der Waals surface area contributed by atoms with Gasteiger partial charge in [0.2, 0.25) is 5.95 Å². The molecular formula is C17H26F2N7O6P. The van der Waals surface area contributed by atoms with Gasteiger partial charge < -0.3 is 30.2 Å². The number of aliphatic hydroxyl groups is 1. The average Bonchev–Trinajstić information content (AvgIpc) is 3.24. The third kappa shape index (κ3) is 4.77. The van der Waals surface area contributed by atoms with Crippen molar-refractivity contribution in [3.63, 3.8) is 0 Å². The van der Waals surface area contributed by atoms with Crippen LogP contribution in [-0.2, 0) is 23.4 Å². The quantitative estimate of drug-likeness (QED) is 0.284. The predicted octanol–water partition coefficient (Wildman–Crippen LogP) is 0.681. The van der Waals surface area contributed by atoms with Crippen LogP contribution in [0.4, 0.5) is 20.5 Å². The molecule has 33 heavy (non-hydrogen) atoms. The molecule has 2 aromatic heterocycles. The van der Waals surface area contributed by atoms with Crippen LogP contribution in [0.3, 0.4) is 0 Å². The molecule has 3 heterocycles. The molecule has 184 valence electrons. The van der Waals surface area contributed by atoms with Gasteiger partial charge in [0.1, 0.15) is 12.6 Å². The average molecular weight is 493 g/mol. The third-order valence-electron chi connectivity index (χ3n) is 5.04. The zero-order chi connectivity index (χ0) is 24.6. The lowest BCUT2D eigenvalue weighted by Crippen LogP contribution is -2.46. The van der Waals surface area contributed by atoms with E-state index in [1.165, 1.54) is 6.92 Å². The van der Waals surface area contributed by atoms with E-state index >= 15 is 8.78 Å². The summed E-state index contributed by atoms with van der Waals surface area (Å²) in [6.45, 7) is 2.94. The zero-order valence-corrected chi connectivity index (χ0v) is 19.3. The van der Waals surface area contributed by atoms with Crippen molar-refractivity contribution in [1.29, 1.82) is 0 Å². The van der Waals surface area contributed by atoms with Crippen molar-refractivity contribution in [3.8, 4) is 0 Å². The van der Waals surface area contributed by atoms with Crippen molar-refractivity contribution in [1.82, 2.24) is 24.6 Å². The Labute approximate surface area is 187 Å². The van der Waals surface area contributed by atoms with E-state index in [9.17, 15) is 14.5 Å².